The van der Waals surface area contributed by atoms with Gasteiger partial charge in [-0.3, -0.25) is 4.79 Å². The Morgan fingerprint density at radius 3 is 2.73 bits per heavy atom. The molecule has 0 saturated heterocycles. The first-order chi connectivity index (χ1) is 10.4. The van der Waals surface area contributed by atoms with Crippen LogP contribution >= 0.6 is 11.6 Å². The van der Waals surface area contributed by atoms with Crippen molar-refractivity contribution < 1.29 is 19.1 Å². The number of benzene rings is 1. The summed E-state index contributed by atoms with van der Waals surface area (Å²) in [6, 6.07) is 6.41. The van der Waals surface area contributed by atoms with Crippen molar-refractivity contribution in [2.45, 2.75) is 19.6 Å². The fraction of sp³-hybridized carbons (Fsp3) is 0.250. The summed E-state index contributed by atoms with van der Waals surface area (Å²) in [7, 11) is 0. The van der Waals surface area contributed by atoms with E-state index in [1.807, 2.05) is 0 Å². The summed E-state index contributed by atoms with van der Waals surface area (Å²) < 4.78 is 10.5. The first kappa shape index (κ1) is 16.1. The Hall–Kier alpha value is -2.27. The summed E-state index contributed by atoms with van der Waals surface area (Å²) >= 11 is 5.78. The molecular formula is C16H16ClNO4. The quantitative estimate of drug-likeness (QED) is 0.525. The summed E-state index contributed by atoms with van der Waals surface area (Å²) in [5.74, 6) is -0.667. The van der Waals surface area contributed by atoms with Gasteiger partial charge in [-0.2, -0.15) is 0 Å². The number of nitrogens with one attached hydrogen (secondary N) is 1. The normalized spacial score (nSPS) is 19.9. The standard InChI is InChI=1S/C16H16ClNO4/c1-11(19)21-14-8-4-3-7-13(14)15(20)22-16(2)9-5-6-12(10-17)18-16/h3-9,18H,10H2,1-2H3. The molecule has 116 valence electrons. The third kappa shape index (κ3) is 3.89. The number of esters is 2. The lowest BCUT2D eigenvalue weighted by Gasteiger charge is -2.31. The first-order valence-corrected chi connectivity index (χ1v) is 7.20. The van der Waals surface area contributed by atoms with E-state index < -0.39 is 17.7 Å². The van der Waals surface area contributed by atoms with Crippen LogP contribution in [0.1, 0.15) is 24.2 Å². The molecule has 0 amide bonds. The SMILES string of the molecule is CC(=O)Oc1ccccc1C(=O)OC1(C)C=CC=C(CCl)N1. The Labute approximate surface area is 133 Å². The molecular weight excluding hydrogens is 306 g/mol. The maximum Gasteiger partial charge on any atom is 0.344 e. The third-order valence-corrected chi connectivity index (χ3v) is 3.22. The highest BCUT2D eigenvalue weighted by molar-refractivity contribution is 6.19. The number of rotatable bonds is 4. The lowest BCUT2D eigenvalue weighted by atomic mass is 10.1. The van der Waals surface area contributed by atoms with Gasteiger partial charge in [0, 0.05) is 12.6 Å². The number of alkyl halides is 1. The lowest BCUT2D eigenvalue weighted by molar-refractivity contribution is -0.131. The van der Waals surface area contributed by atoms with Crippen LogP contribution in [0, 0.1) is 0 Å². The van der Waals surface area contributed by atoms with Crippen LogP contribution in [0.3, 0.4) is 0 Å². The molecule has 1 N–H and O–H groups in total. The number of hydrogen-bond donors (Lipinski definition) is 1. The zero-order valence-electron chi connectivity index (χ0n) is 12.3. The maximum atomic E-state index is 12.4. The highest BCUT2D eigenvalue weighted by atomic mass is 35.5. The third-order valence-electron chi connectivity index (χ3n) is 2.93. The summed E-state index contributed by atoms with van der Waals surface area (Å²) in [5, 5.41) is 3.03. The molecule has 6 heteroatoms. The number of para-hydroxylation sites is 1. The minimum Gasteiger partial charge on any atom is -0.432 e. The van der Waals surface area contributed by atoms with Gasteiger partial charge >= 0.3 is 11.9 Å². The predicted molar refractivity (Wildman–Crippen MR) is 82.7 cm³/mol. The Balaban J connectivity index is 2.18. The lowest BCUT2D eigenvalue weighted by Crippen LogP contribution is -2.45. The van der Waals surface area contributed by atoms with E-state index in [1.54, 1.807) is 37.3 Å². The molecule has 1 aromatic carbocycles. The van der Waals surface area contributed by atoms with E-state index in [0.29, 0.717) is 0 Å². The molecule has 1 heterocycles. The van der Waals surface area contributed by atoms with Crippen molar-refractivity contribution in [2.24, 2.45) is 0 Å². The van der Waals surface area contributed by atoms with E-state index in [1.165, 1.54) is 19.1 Å². The Morgan fingerprint density at radius 1 is 1.32 bits per heavy atom. The molecule has 0 radical (unpaired) electrons. The van der Waals surface area contributed by atoms with Crippen molar-refractivity contribution in [3.8, 4) is 5.75 Å². The number of allylic oxidation sites excluding steroid dienone is 3. The molecule has 1 aliphatic rings. The molecule has 22 heavy (non-hydrogen) atoms. The van der Waals surface area contributed by atoms with Crippen LogP contribution in [0.4, 0.5) is 0 Å². The van der Waals surface area contributed by atoms with Crippen LogP contribution in [-0.4, -0.2) is 23.5 Å². The second-order valence-electron chi connectivity index (χ2n) is 4.90. The molecule has 2 rings (SSSR count). The molecule has 0 bridgehead atoms. The second-order valence-corrected chi connectivity index (χ2v) is 5.16. The Kier molecular flexibility index (Phi) is 4.88. The first-order valence-electron chi connectivity index (χ1n) is 6.67. The fourth-order valence-corrected chi connectivity index (χ4v) is 2.17. The van der Waals surface area contributed by atoms with Gasteiger partial charge in [-0.1, -0.05) is 18.2 Å². The van der Waals surface area contributed by atoms with Gasteiger partial charge < -0.3 is 14.8 Å². The zero-order chi connectivity index (χ0) is 16.2. The number of halogens is 1. The van der Waals surface area contributed by atoms with E-state index in [2.05, 4.69) is 5.32 Å². The Morgan fingerprint density at radius 2 is 2.05 bits per heavy atom. The van der Waals surface area contributed by atoms with E-state index >= 15 is 0 Å². The highest BCUT2D eigenvalue weighted by Crippen LogP contribution is 2.23. The van der Waals surface area contributed by atoms with Gasteiger partial charge in [0.05, 0.1) is 5.88 Å². The van der Waals surface area contributed by atoms with Crippen molar-refractivity contribution in [2.75, 3.05) is 5.88 Å². The van der Waals surface area contributed by atoms with Gasteiger partial charge in [0.2, 0.25) is 5.72 Å². The zero-order valence-corrected chi connectivity index (χ0v) is 13.0. The Bertz CT molecular complexity index is 653. The topological polar surface area (TPSA) is 64.6 Å². The average molecular weight is 322 g/mol. The summed E-state index contributed by atoms with van der Waals surface area (Å²) in [6.45, 7) is 2.97. The molecule has 0 spiro atoms. The molecule has 0 saturated carbocycles. The van der Waals surface area contributed by atoms with Gasteiger partial charge in [-0.15, -0.1) is 11.6 Å². The van der Waals surface area contributed by atoms with Crippen LogP contribution in [0.25, 0.3) is 0 Å². The van der Waals surface area contributed by atoms with Crippen molar-refractivity contribution in [1.29, 1.82) is 0 Å². The molecule has 0 aromatic heterocycles. The molecule has 1 atom stereocenters. The minimum atomic E-state index is -1.01. The highest BCUT2D eigenvalue weighted by Gasteiger charge is 2.29. The molecule has 0 aliphatic carbocycles. The van der Waals surface area contributed by atoms with Gasteiger partial charge in [0.15, 0.2) is 0 Å². The number of ether oxygens (including phenoxy) is 2. The maximum absolute atomic E-state index is 12.4. The smallest absolute Gasteiger partial charge is 0.344 e. The van der Waals surface area contributed by atoms with Gasteiger partial charge in [0.25, 0.3) is 0 Å². The largest absolute Gasteiger partial charge is 0.432 e. The van der Waals surface area contributed by atoms with E-state index in [-0.39, 0.29) is 17.2 Å². The van der Waals surface area contributed by atoms with E-state index in [4.69, 9.17) is 21.1 Å². The van der Waals surface area contributed by atoms with Crippen LogP contribution < -0.4 is 10.1 Å². The predicted octanol–water partition coefficient (Wildman–Crippen LogP) is 2.77. The average Bonchev–Trinajstić information content (AvgIpc) is 2.46. The van der Waals surface area contributed by atoms with Crippen molar-refractivity contribution >= 4 is 23.5 Å². The molecule has 1 unspecified atom stereocenters. The second kappa shape index (κ2) is 6.66. The van der Waals surface area contributed by atoms with Gasteiger partial charge in [-0.05, 0) is 31.2 Å². The van der Waals surface area contributed by atoms with Crippen LogP contribution in [0.5, 0.6) is 5.75 Å². The van der Waals surface area contributed by atoms with Crippen molar-refractivity contribution in [1.82, 2.24) is 5.32 Å². The van der Waals surface area contributed by atoms with Gasteiger partial charge in [0.1, 0.15) is 11.3 Å². The summed E-state index contributed by atoms with van der Waals surface area (Å²) in [4.78, 5) is 23.5. The summed E-state index contributed by atoms with van der Waals surface area (Å²) in [6.07, 6.45) is 5.27. The number of hydrogen-bond acceptors (Lipinski definition) is 5. The van der Waals surface area contributed by atoms with Gasteiger partial charge in [-0.25, -0.2) is 4.79 Å². The molecule has 5 nitrogen and oxygen atoms in total. The number of carbonyl (C=O) groups excluding carboxylic acids is 2. The van der Waals surface area contributed by atoms with E-state index in [0.717, 1.165) is 5.70 Å². The van der Waals surface area contributed by atoms with Crippen molar-refractivity contribution in [3.05, 3.63) is 53.8 Å². The number of carbonyl (C=O) groups is 2. The fourth-order valence-electron chi connectivity index (χ4n) is 2.01. The van der Waals surface area contributed by atoms with E-state index in [9.17, 15) is 9.59 Å². The van der Waals surface area contributed by atoms with Crippen molar-refractivity contribution in [3.63, 3.8) is 0 Å². The molecule has 1 aromatic rings. The summed E-state index contributed by atoms with van der Waals surface area (Å²) in [5.41, 5.74) is -0.0943. The minimum absolute atomic E-state index is 0.163. The van der Waals surface area contributed by atoms with Crippen LogP contribution in [0.2, 0.25) is 0 Å². The molecule has 1 aliphatic heterocycles. The number of dihydropyridines is 1. The molecule has 0 fully saturated rings. The van der Waals surface area contributed by atoms with Crippen LogP contribution in [-0.2, 0) is 9.53 Å². The monoisotopic (exact) mass is 321 g/mol. The van der Waals surface area contributed by atoms with Crippen LogP contribution in [0.15, 0.2) is 48.2 Å².